The summed E-state index contributed by atoms with van der Waals surface area (Å²) in [6.45, 7) is 2.16. The summed E-state index contributed by atoms with van der Waals surface area (Å²) in [4.78, 5) is 12.2. The Bertz CT molecular complexity index is 703. The zero-order chi connectivity index (χ0) is 16.9. The number of amides is 2. The Labute approximate surface area is 145 Å². The fraction of sp³-hybridized carbons (Fsp3) is 0.471. The van der Waals surface area contributed by atoms with Crippen LogP contribution in [0.1, 0.15) is 48.4 Å². The van der Waals surface area contributed by atoms with Crippen LogP contribution in [0, 0.1) is 0 Å². The van der Waals surface area contributed by atoms with Gasteiger partial charge in [0.1, 0.15) is 5.01 Å². The van der Waals surface area contributed by atoms with Gasteiger partial charge in [-0.05, 0) is 17.5 Å². The van der Waals surface area contributed by atoms with Crippen molar-refractivity contribution in [2.24, 2.45) is 0 Å². The summed E-state index contributed by atoms with van der Waals surface area (Å²) < 4.78 is 0. The van der Waals surface area contributed by atoms with Crippen LogP contribution in [0.3, 0.4) is 0 Å². The first-order valence-corrected chi connectivity index (χ1v) is 9.14. The van der Waals surface area contributed by atoms with Gasteiger partial charge >= 0.3 is 6.03 Å². The van der Waals surface area contributed by atoms with Gasteiger partial charge in [0.05, 0.1) is 12.1 Å². The summed E-state index contributed by atoms with van der Waals surface area (Å²) in [6.07, 6.45) is 4.26. The first-order chi connectivity index (χ1) is 11.7. The lowest BCUT2D eigenvalue weighted by Gasteiger charge is -2.17. The second kappa shape index (κ2) is 7.72. The second-order valence-electron chi connectivity index (χ2n) is 6.00. The number of carbonyl (C=O) groups excluding carboxylic acids is 1. The van der Waals surface area contributed by atoms with Gasteiger partial charge in [0.25, 0.3) is 0 Å². The van der Waals surface area contributed by atoms with E-state index in [1.165, 1.54) is 17.8 Å². The number of carbonyl (C=O) groups is 1. The highest BCUT2D eigenvalue weighted by molar-refractivity contribution is 7.15. The van der Waals surface area contributed by atoms with E-state index >= 15 is 0 Å². The normalized spacial score (nSPS) is 19.1. The number of aliphatic hydroxyl groups is 1. The molecule has 2 amide bonds. The molecule has 0 spiro atoms. The lowest BCUT2D eigenvalue weighted by atomic mass is 10.1. The third-order valence-corrected chi connectivity index (χ3v) is 5.07. The summed E-state index contributed by atoms with van der Waals surface area (Å²) in [5.41, 5.74) is 2.04. The average molecular weight is 346 g/mol. The number of nitrogens with one attached hydrogen (secondary N) is 2. The van der Waals surface area contributed by atoms with Gasteiger partial charge in [-0.15, -0.1) is 10.2 Å². The number of unbranched alkanes of at least 4 members (excludes halogenated alkanes) is 2. The molecular weight excluding hydrogens is 324 g/mol. The molecule has 0 bridgehead atoms. The molecule has 6 nitrogen and oxygen atoms in total. The summed E-state index contributed by atoms with van der Waals surface area (Å²) in [5.74, 6) is 0. The zero-order valence-corrected chi connectivity index (χ0v) is 14.5. The highest BCUT2D eigenvalue weighted by atomic mass is 32.1. The highest BCUT2D eigenvalue weighted by Crippen LogP contribution is 2.31. The van der Waals surface area contributed by atoms with Gasteiger partial charge in [0.15, 0.2) is 0 Å². The summed E-state index contributed by atoms with van der Waals surface area (Å²) in [7, 11) is 0. The lowest BCUT2D eigenvalue weighted by Crippen LogP contribution is -2.36. The number of rotatable bonds is 6. The molecule has 24 heavy (non-hydrogen) atoms. The molecule has 0 unspecified atom stereocenters. The van der Waals surface area contributed by atoms with Crippen LogP contribution < -0.4 is 10.6 Å². The van der Waals surface area contributed by atoms with E-state index in [-0.39, 0.29) is 6.03 Å². The Morgan fingerprint density at radius 3 is 3.00 bits per heavy atom. The summed E-state index contributed by atoms with van der Waals surface area (Å²) >= 11 is 1.40. The van der Waals surface area contributed by atoms with Crippen LogP contribution in [0.15, 0.2) is 24.3 Å². The van der Waals surface area contributed by atoms with Crippen molar-refractivity contribution in [1.82, 2.24) is 15.5 Å². The van der Waals surface area contributed by atoms with Gasteiger partial charge in [-0.1, -0.05) is 55.4 Å². The van der Waals surface area contributed by atoms with Crippen molar-refractivity contribution in [3.63, 3.8) is 0 Å². The van der Waals surface area contributed by atoms with E-state index in [9.17, 15) is 9.90 Å². The fourth-order valence-corrected chi connectivity index (χ4v) is 3.73. The van der Waals surface area contributed by atoms with Crippen molar-refractivity contribution >= 4 is 22.5 Å². The van der Waals surface area contributed by atoms with Gasteiger partial charge in [-0.3, -0.25) is 5.32 Å². The Morgan fingerprint density at radius 1 is 1.33 bits per heavy atom. The quantitative estimate of drug-likeness (QED) is 0.702. The molecule has 1 aliphatic rings. The molecule has 0 saturated heterocycles. The van der Waals surface area contributed by atoms with Crippen LogP contribution in [0.2, 0.25) is 0 Å². The number of anilines is 1. The summed E-state index contributed by atoms with van der Waals surface area (Å²) in [5, 5.41) is 25.3. The van der Waals surface area contributed by atoms with E-state index in [1.54, 1.807) is 0 Å². The van der Waals surface area contributed by atoms with Crippen LogP contribution >= 0.6 is 11.3 Å². The first-order valence-electron chi connectivity index (χ1n) is 8.33. The van der Waals surface area contributed by atoms with Gasteiger partial charge in [-0.25, -0.2) is 4.79 Å². The smallest absolute Gasteiger partial charge is 0.321 e. The molecule has 1 aromatic heterocycles. The van der Waals surface area contributed by atoms with Crippen molar-refractivity contribution in [2.45, 2.75) is 51.2 Å². The minimum Gasteiger partial charge on any atom is -0.390 e. The van der Waals surface area contributed by atoms with E-state index in [2.05, 4.69) is 27.8 Å². The number of benzene rings is 1. The number of urea groups is 1. The second-order valence-corrected chi connectivity index (χ2v) is 7.07. The Hall–Kier alpha value is -1.99. The van der Waals surface area contributed by atoms with E-state index in [0.29, 0.717) is 11.6 Å². The molecule has 128 valence electrons. The molecule has 1 heterocycles. The van der Waals surface area contributed by atoms with Crippen LogP contribution in [-0.2, 0) is 12.8 Å². The van der Waals surface area contributed by atoms with Gasteiger partial charge in [0, 0.05) is 12.8 Å². The van der Waals surface area contributed by atoms with Gasteiger partial charge in [0.2, 0.25) is 5.13 Å². The monoisotopic (exact) mass is 346 g/mol. The van der Waals surface area contributed by atoms with Crippen molar-refractivity contribution in [3.8, 4) is 0 Å². The lowest BCUT2D eigenvalue weighted by molar-refractivity contribution is 0.144. The minimum absolute atomic E-state index is 0.369. The fourth-order valence-electron chi connectivity index (χ4n) is 2.95. The number of aryl methyl sites for hydroxylation is 1. The first kappa shape index (κ1) is 16.9. The van der Waals surface area contributed by atoms with Crippen LogP contribution in [0.25, 0.3) is 0 Å². The zero-order valence-electron chi connectivity index (χ0n) is 13.7. The maximum Gasteiger partial charge on any atom is 0.321 e. The maximum atomic E-state index is 12.2. The number of fused-ring (bicyclic) bond motifs is 1. The Morgan fingerprint density at radius 2 is 2.17 bits per heavy atom. The third kappa shape index (κ3) is 3.91. The molecule has 0 radical (unpaired) electrons. The van der Waals surface area contributed by atoms with E-state index in [0.717, 1.165) is 35.4 Å². The number of nitrogens with zero attached hydrogens (tertiary/aromatic N) is 2. The van der Waals surface area contributed by atoms with Crippen molar-refractivity contribution in [2.75, 3.05) is 5.32 Å². The topological polar surface area (TPSA) is 87.1 Å². The average Bonchev–Trinajstić information content (AvgIpc) is 3.13. The van der Waals surface area contributed by atoms with Crippen LogP contribution in [0.4, 0.5) is 9.93 Å². The van der Waals surface area contributed by atoms with Crippen LogP contribution in [0.5, 0.6) is 0 Å². The number of hydrogen-bond acceptors (Lipinski definition) is 5. The Balaban J connectivity index is 1.56. The standard InChI is InChI=1S/C17H22N4O2S/c1-2-3-4-9-14-20-21-17(24-14)19-16(23)18-15-12-8-6-5-7-11(12)10-13(15)22/h5-8,13,15,22H,2-4,9-10H2,1H3,(H2,18,19,21,23)/t13-,15+/m0/s1. The molecule has 2 atom stereocenters. The summed E-state index contributed by atoms with van der Waals surface area (Å²) in [6, 6.07) is 7.01. The molecule has 7 heteroatoms. The van der Waals surface area contributed by atoms with Crippen molar-refractivity contribution in [3.05, 3.63) is 40.4 Å². The molecule has 3 N–H and O–H groups in total. The predicted octanol–water partition coefficient (Wildman–Crippen LogP) is 3.05. The van der Waals surface area contributed by atoms with Gasteiger partial charge in [-0.2, -0.15) is 0 Å². The molecule has 2 aromatic rings. The Kier molecular flexibility index (Phi) is 5.42. The predicted molar refractivity (Wildman–Crippen MR) is 94.2 cm³/mol. The largest absolute Gasteiger partial charge is 0.390 e. The molecule has 0 saturated carbocycles. The highest BCUT2D eigenvalue weighted by Gasteiger charge is 2.31. The van der Waals surface area contributed by atoms with E-state index in [1.807, 2.05) is 24.3 Å². The number of aromatic nitrogens is 2. The molecular formula is C17H22N4O2S. The minimum atomic E-state index is -0.604. The molecule has 0 aliphatic heterocycles. The number of hydrogen-bond donors (Lipinski definition) is 3. The van der Waals surface area contributed by atoms with Crippen molar-refractivity contribution < 1.29 is 9.90 Å². The maximum absolute atomic E-state index is 12.2. The number of aliphatic hydroxyl groups excluding tert-OH is 1. The molecule has 1 aliphatic carbocycles. The van der Waals surface area contributed by atoms with E-state index < -0.39 is 12.1 Å². The molecule has 3 rings (SSSR count). The molecule has 1 aromatic carbocycles. The van der Waals surface area contributed by atoms with Crippen molar-refractivity contribution in [1.29, 1.82) is 0 Å². The van der Waals surface area contributed by atoms with Crippen LogP contribution in [-0.4, -0.2) is 27.4 Å². The van der Waals surface area contributed by atoms with Gasteiger partial charge < -0.3 is 10.4 Å². The SMILES string of the molecule is CCCCCc1nnc(NC(=O)N[C@@H]2c3ccccc3C[C@@H]2O)s1. The third-order valence-electron chi connectivity index (χ3n) is 4.17. The van der Waals surface area contributed by atoms with E-state index in [4.69, 9.17) is 0 Å². The molecule has 0 fully saturated rings.